The standard InChI is InChI=1S/C15H20N2O6S/c18-14(16-11-15(19)20)6-3-12-1-4-13(5-2-12)24(21,22)17-7-9-23-10-8-17/h1-2,4-5H,3,6-11H2,(H,16,18)(H,19,20). The van der Waals surface area contributed by atoms with Crippen molar-refractivity contribution >= 4 is 21.9 Å². The molecule has 0 bridgehead atoms. The fourth-order valence-corrected chi connectivity index (χ4v) is 3.69. The van der Waals surface area contributed by atoms with Crippen LogP contribution in [0, 0.1) is 0 Å². The molecule has 0 unspecified atom stereocenters. The van der Waals surface area contributed by atoms with E-state index in [4.69, 9.17) is 9.84 Å². The predicted molar refractivity (Wildman–Crippen MR) is 85.0 cm³/mol. The molecular formula is C15H20N2O6S. The number of aryl methyl sites for hydroxylation is 1. The Morgan fingerprint density at radius 3 is 2.38 bits per heavy atom. The molecule has 1 saturated heterocycles. The van der Waals surface area contributed by atoms with Crippen molar-refractivity contribution in [1.29, 1.82) is 0 Å². The van der Waals surface area contributed by atoms with Gasteiger partial charge < -0.3 is 15.2 Å². The van der Waals surface area contributed by atoms with Crippen LogP contribution in [0.15, 0.2) is 29.2 Å². The topological polar surface area (TPSA) is 113 Å². The first kappa shape index (κ1) is 18.4. The second-order valence-electron chi connectivity index (χ2n) is 5.33. The van der Waals surface area contributed by atoms with Gasteiger partial charge in [0.05, 0.1) is 18.1 Å². The zero-order valence-electron chi connectivity index (χ0n) is 13.1. The highest BCUT2D eigenvalue weighted by atomic mass is 32.2. The average molecular weight is 356 g/mol. The highest BCUT2D eigenvalue weighted by Crippen LogP contribution is 2.18. The summed E-state index contributed by atoms with van der Waals surface area (Å²) in [7, 11) is -3.52. The number of nitrogens with one attached hydrogen (secondary N) is 1. The van der Waals surface area contributed by atoms with Crippen LogP contribution in [-0.2, 0) is 30.8 Å². The molecule has 1 heterocycles. The van der Waals surface area contributed by atoms with Crippen molar-refractivity contribution in [3.63, 3.8) is 0 Å². The van der Waals surface area contributed by atoms with Crippen molar-refractivity contribution < 1.29 is 27.9 Å². The van der Waals surface area contributed by atoms with Crippen molar-refractivity contribution in [2.24, 2.45) is 0 Å². The first-order chi connectivity index (χ1) is 11.4. The van der Waals surface area contributed by atoms with Crippen LogP contribution in [0.2, 0.25) is 0 Å². The summed E-state index contributed by atoms with van der Waals surface area (Å²) in [5, 5.41) is 10.8. The molecule has 1 aromatic rings. The fraction of sp³-hybridized carbons (Fsp3) is 0.467. The number of hydrogen-bond donors (Lipinski definition) is 2. The summed E-state index contributed by atoms with van der Waals surface area (Å²) < 4.78 is 31.5. The molecule has 9 heteroatoms. The number of morpholine rings is 1. The van der Waals surface area contributed by atoms with Gasteiger partial charge in [0.15, 0.2) is 0 Å². The lowest BCUT2D eigenvalue weighted by atomic mass is 10.1. The zero-order chi connectivity index (χ0) is 17.6. The van der Waals surface area contributed by atoms with E-state index in [1.807, 2.05) is 0 Å². The van der Waals surface area contributed by atoms with E-state index in [0.717, 1.165) is 5.56 Å². The Hall–Kier alpha value is -1.97. The van der Waals surface area contributed by atoms with Gasteiger partial charge in [-0.15, -0.1) is 0 Å². The third-order valence-electron chi connectivity index (χ3n) is 3.61. The summed E-state index contributed by atoms with van der Waals surface area (Å²) in [6.45, 7) is 1.06. The number of carbonyl (C=O) groups excluding carboxylic acids is 1. The number of benzene rings is 1. The Bertz CT molecular complexity index is 680. The van der Waals surface area contributed by atoms with Gasteiger partial charge in [0, 0.05) is 19.5 Å². The van der Waals surface area contributed by atoms with Crippen LogP contribution in [-0.4, -0.2) is 62.6 Å². The molecule has 0 radical (unpaired) electrons. The maximum atomic E-state index is 12.5. The number of carbonyl (C=O) groups is 2. The van der Waals surface area contributed by atoms with Crippen molar-refractivity contribution in [3.8, 4) is 0 Å². The molecule has 1 aromatic carbocycles. The summed E-state index contributed by atoms with van der Waals surface area (Å²) in [4.78, 5) is 22.0. The number of nitrogens with zero attached hydrogens (tertiary/aromatic N) is 1. The minimum absolute atomic E-state index is 0.142. The third kappa shape index (κ3) is 5.02. The van der Waals surface area contributed by atoms with Crippen LogP contribution in [0.3, 0.4) is 0 Å². The van der Waals surface area contributed by atoms with E-state index in [1.54, 1.807) is 12.1 Å². The van der Waals surface area contributed by atoms with E-state index in [-0.39, 0.29) is 17.2 Å². The lowest BCUT2D eigenvalue weighted by molar-refractivity contribution is -0.137. The Morgan fingerprint density at radius 1 is 1.17 bits per heavy atom. The molecule has 1 aliphatic rings. The lowest BCUT2D eigenvalue weighted by Crippen LogP contribution is -2.40. The van der Waals surface area contributed by atoms with Gasteiger partial charge in [-0.05, 0) is 24.1 Å². The molecule has 0 spiro atoms. The van der Waals surface area contributed by atoms with E-state index < -0.39 is 22.5 Å². The first-order valence-corrected chi connectivity index (χ1v) is 8.99. The van der Waals surface area contributed by atoms with E-state index in [1.165, 1.54) is 16.4 Å². The van der Waals surface area contributed by atoms with Crippen LogP contribution < -0.4 is 5.32 Å². The predicted octanol–water partition coefficient (Wildman–Crippen LogP) is -0.159. The van der Waals surface area contributed by atoms with Gasteiger partial charge in [-0.2, -0.15) is 4.31 Å². The van der Waals surface area contributed by atoms with Gasteiger partial charge in [0.2, 0.25) is 15.9 Å². The van der Waals surface area contributed by atoms with Gasteiger partial charge in [-0.1, -0.05) is 12.1 Å². The maximum Gasteiger partial charge on any atom is 0.322 e. The normalized spacial score (nSPS) is 15.8. The van der Waals surface area contributed by atoms with Gasteiger partial charge in [-0.3, -0.25) is 9.59 Å². The van der Waals surface area contributed by atoms with Crippen LogP contribution >= 0.6 is 0 Å². The van der Waals surface area contributed by atoms with Gasteiger partial charge >= 0.3 is 5.97 Å². The molecule has 0 atom stereocenters. The highest BCUT2D eigenvalue weighted by Gasteiger charge is 2.26. The second kappa shape index (κ2) is 8.22. The number of carboxylic acids is 1. The summed E-state index contributed by atoms with van der Waals surface area (Å²) in [6.07, 6.45) is 0.548. The lowest BCUT2D eigenvalue weighted by Gasteiger charge is -2.26. The van der Waals surface area contributed by atoms with E-state index in [2.05, 4.69) is 5.32 Å². The fourth-order valence-electron chi connectivity index (χ4n) is 2.28. The van der Waals surface area contributed by atoms with E-state index in [9.17, 15) is 18.0 Å². The molecule has 24 heavy (non-hydrogen) atoms. The molecule has 0 aromatic heterocycles. The molecule has 1 aliphatic heterocycles. The Kier molecular flexibility index (Phi) is 6.29. The Morgan fingerprint density at radius 2 is 1.79 bits per heavy atom. The maximum absolute atomic E-state index is 12.5. The van der Waals surface area contributed by atoms with Crippen molar-refractivity contribution in [2.75, 3.05) is 32.8 Å². The average Bonchev–Trinajstić information content (AvgIpc) is 2.59. The molecule has 132 valence electrons. The second-order valence-corrected chi connectivity index (χ2v) is 7.27. The quantitative estimate of drug-likeness (QED) is 0.702. The molecule has 0 saturated carbocycles. The monoisotopic (exact) mass is 356 g/mol. The number of aliphatic carboxylic acids is 1. The van der Waals surface area contributed by atoms with Gasteiger partial charge in [0.25, 0.3) is 0 Å². The zero-order valence-corrected chi connectivity index (χ0v) is 13.9. The number of rotatable bonds is 7. The van der Waals surface area contributed by atoms with E-state index in [0.29, 0.717) is 32.7 Å². The first-order valence-electron chi connectivity index (χ1n) is 7.55. The summed E-state index contributed by atoms with van der Waals surface area (Å²) in [5.41, 5.74) is 0.807. The van der Waals surface area contributed by atoms with Gasteiger partial charge in [-0.25, -0.2) is 8.42 Å². The smallest absolute Gasteiger partial charge is 0.322 e. The number of sulfonamides is 1. The molecule has 2 N–H and O–H groups in total. The molecule has 0 aliphatic carbocycles. The van der Waals surface area contributed by atoms with Crippen molar-refractivity contribution in [3.05, 3.63) is 29.8 Å². The highest BCUT2D eigenvalue weighted by molar-refractivity contribution is 7.89. The summed E-state index contributed by atoms with van der Waals surface area (Å²) >= 11 is 0. The molecule has 2 rings (SSSR count). The van der Waals surface area contributed by atoms with Crippen LogP contribution in [0.1, 0.15) is 12.0 Å². The Balaban J connectivity index is 1.92. The minimum Gasteiger partial charge on any atom is -0.480 e. The Labute approximate surface area is 140 Å². The SMILES string of the molecule is O=C(O)CNC(=O)CCc1ccc(S(=O)(=O)N2CCOCC2)cc1. The van der Waals surface area contributed by atoms with E-state index >= 15 is 0 Å². The molecule has 1 fully saturated rings. The summed E-state index contributed by atoms with van der Waals surface area (Å²) in [6, 6.07) is 6.38. The minimum atomic E-state index is -3.52. The largest absolute Gasteiger partial charge is 0.480 e. The summed E-state index contributed by atoms with van der Waals surface area (Å²) in [5.74, 6) is -1.46. The van der Waals surface area contributed by atoms with Crippen LogP contribution in [0.4, 0.5) is 0 Å². The number of ether oxygens (including phenoxy) is 1. The molecular weight excluding hydrogens is 336 g/mol. The third-order valence-corrected chi connectivity index (χ3v) is 5.52. The molecule has 1 amide bonds. The van der Waals surface area contributed by atoms with Crippen molar-refractivity contribution in [2.45, 2.75) is 17.7 Å². The number of hydrogen-bond acceptors (Lipinski definition) is 5. The molecule has 8 nitrogen and oxygen atoms in total. The number of carboxylic acid groups (broad SMARTS) is 1. The van der Waals surface area contributed by atoms with Gasteiger partial charge in [0.1, 0.15) is 6.54 Å². The number of amides is 1. The van der Waals surface area contributed by atoms with Crippen LogP contribution in [0.25, 0.3) is 0 Å². The van der Waals surface area contributed by atoms with Crippen molar-refractivity contribution in [1.82, 2.24) is 9.62 Å². The van der Waals surface area contributed by atoms with Crippen LogP contribution in [0.5, 0.6) is 0 Å².